The third-order valence-corrected chi connectivity index (χ3v) is 3.26. The number of aryl methyl sites for hydroxylation is 2. The molecule has 0 N–H and O–H groups in total. The van der Waals surface area contributed by atoms with Crippen LogP contribution in [-0.2, 0) is 13.0 Å². The zero-order valence-corrected chi connectivity index (χ0v) is 10.8. The molecule has 15 heavy (non-hydrogen) atoms. The molecule has 0 spiro atoms. The number of nitrogens with zero attached hydrogens (tertiary/aromatic N) is 3. The summed E-state index contributed by atoms with van der Waals surface area (Å²) in [4.78, 5) is 4.51. The van der Waals surface area contributed by atoms with Crippen LogP contribution in [-0.4, -0.2) is 9.55 Å². The number of nitriles is 1. The molecule has 1 heterocycles. The lowest BCUT2D eigenvalue weighted by Gasteiger charge is -2.03. The third-order valence-electron chi connectivity index (χ3n) is 2.38. The van der Waals surface area contributed by atoms with Crippen molar-refractivity contribution in [1.29, 1.82) is 5.26 Å². The Morgan fingerprint density at radius 3 is 2.87 bits per heavy atom. The largest absolute Gasteiger partial charge is 0.322 e. The van der Waals surface area contributed by atoms with Gasteiger partial charge in [-0.2, -0.15) is 5.26 Å². The van der Waals surface area contributed by atoms with E-state index in [1.807, 2.05) is 6.92 Å². The molecule has 0 aromatic carbocycles. The Kier molecular flexibility index (Phi) is 4.83. The molecule has 1 rings (SSSR count). The zero-order valence-electron chi connectivity index (χ0n) is 9.26. The van der Waals surface area contributed by atoms with Crippen LogP contribution in [0.1, 0.15) is 37.7 Å². The molecule has 0 unspecified atom stereocenters. The van der Waals surface area contributed by atoms with Gasteiger partial charge in [-0.1, -0.05) is 13.3 Å². The number of imidazole rings is 1. The van der Waals surface area contributed by atoms with Gasteiger partial charge >= 0.3 is 0 Å². The molecular weight excluding hydrogens is 254 g/mol. The van der Waals surface area contributed by atoms with E-state index in [0.717, 1.165) is 35.5 Å². The highest BCUT2D eigenvalue weighted by Crippen LogP contribution is 2.20. The highest BCUT2D eigenvalue weighted by atomic mass is 79.9. The Bertz CT molecular complexity index is 363. The van der Waals surface area contributed by atoms with E-state index in [-0.39, 0.29) is 0 Å². The highest BCUT2D eigenvalue weighted by Gasteiger charge is 2.10. The topological polar surface area (TPSA) is 41.6 Å². The van der Waals surface area contributed by atoms with Crippen molar-refractivity contribution in [3.63, 3.8) is 0 Å². The summed E-state index contributed by atoms with van der Waals surface area (Å²) in [5.74, 6) is 0.989. The van der Waals surface area contributed by atoms with Crippen LogP contribution in [0.3, 0.4) is 0 Å². The first-order chi connectivity index (χ1) is 7.20. The van der Waals surface area contributed by atoms with Crippen LogP contribution in [0, 0.1) is 18.3 Å². The summed E-state index contributed by atoms with van der Waals surface area (Å²) in [5, 5.41) is 8.56. The summed E-state index contributed by atoms with van der Waals surface area (Å²) in [5.41, 5.74) is 1.12. The quantitative estimate of drug-likeness (QED) is 0.824. The van der Waals surface area contributed by atoms with E-state index in [1.165, 1.54) is 6.42 Å². The van der Waals surface area contributed by atoms with Crippen LogP contribution in [0.15, 0.2) is 4.60 Å². The summed E-state index contributed by atoms with van der Waals surface area (Å²) >= 11 is 3.55. The molecule has 0 aliphatic rings. The molecule has 1 aromatic rings. The van der Waals surface area contributed by atoms with Gasteiger partial charge in [-0.25, -0.2) is 4.98 Å². The van der Waals surface area contributed by atoms with E-state index in [9.17, 15) is 0 Å². The van der Waals surface area contributed by atoms with Crippen molar-refractivity contribution in [3.8, 4) is 6.07 Å². The normalized spacial score (nSPS) is 10.3. The van der Waals surface area contributed by atoms with Crippen LogP contribution in [0.2, 0.25) is 0 Å². The Hall–Kier alpha value is -0.820. The summed E-state index contributed by atoms with van der Waals surface area (Å²) in [7, 11) is 0. The first-order valence-corrected chi connectivity index (χ1v) is 6.08. The lowest BCUT2D eigenvalue weighted by molar-refractivity contribution is 0.675. The predicted molar refractivity (Wildman–Crippen MR) is 63.5 cm³/mol. The molecule has 4 heteroatoms. The van der Waals surface area contributed by atoms with Gasteiger partial charge in [0.2, 0.25) is 0 Å². The average Bonchev–Trinajstić information content (AvgIpc) is 2.49. The number of unbranched alkanes of at least 4 members (excludes halogenated alkanes) is 1. The monoisotopic (exact) mass is 269 g/mol. The average molecular weight is 270 g/mol. The van der Waals surface area contributed by atoms with Gasteiger partial charge in [0.25, 0.3) is 0 Å². The van der Waals surface area contributed by atoms with E-state index < -0.39 is 0 Å². The van der Waals surface area contributed by atoms with Crippen LogP contribution in [0.4, 0.5) is 0 Å². The number of aromatic nitrogens is 2. The number of hydrogen-bond donors (Lipinski definition) is 0. The van der Waals surface area contributed by atoms with Crippen molar-refractivity contribution in [2.75, 3.05) is 0 Å². The van der Waals surface area contributed by atoms with Crippen LogP contribution < -0.4 is 0 Å². The molecule has 3 nitrogen and oxygen atoms in total. The Labute approximate surface area is 99.2 Å². The number of hydrogen-bond acceptors (Lipinski definition) is 2. The fraction of sp³-hybridized carbons (Fsp3) is 0.636. The first kappa shape index (κ1) is 12.3. The molecule has 0 amide bonds. The van der Waals surface area contributed by atoms with Gasteiger partial charge < -0.3 is 4.57 Å². The van der Waals surface area contributed by atoms with Crippen LogP contribution in [0.25, 0.3) is 0 Å². The van der Waals surface area contributed by atoms with Crippen molar-refractivity contribution >= 4 is 15.9 Å². The minimum absolute atomic E-state index is 0.531. The molecule has 0 radical (unpaired) electrons. The number of rotatable bonds is 5. The maximum Gasteiger partial charge on any atom is 0.108 e. The van der Waals surface area contributed by atoms with E-state index >= 15 is 0 Å². The zero-order chi connectivity index (χ0) is 11.3. The second-order valence-corrected chi connectivity index (χ2v) is 4.31. The number of halogens is 1. The Morgan fingerprint density at radius 2 is 2.27 bits per heavy atom. The fourth-order valence-corrected chi connectivity index (χ4v) is 2.25. The lowest BCUT2D eigenvalue weighted by Crippen LogP contribution is -2.00. The molecule has 1 aromatic heterocycles. The fourth-order valence-electron chi connectivity index (χ4n) is 1.52. The molecule has 0 bridgehead atoms. The second-order valence-electron chi connectivity index (χ2n) is 3.56. The van der Waals surface area contributed by atoms with E-state index in [0.29, 0.717) is 6.42 Å². The lowest BCUT2D eigenvalue weighted by atomic mass is 10.2. The highest BCUT2D eigenvalue weighted by molar-refractivity contribution is 9.10. The standard InChI is InChI=1S/C11H16BrN3/c1-3-4-6-10-11(12)15(8-5-7-13)9(2)14-10/h3-6,8H2,1-2H3. The van der Waals surface area contributed by atoms with E-state index in [4.69, 9.17) is 5.26 Å². The van der Waals surface area contributed by atoms with Crippen LogP contribution in [0.5, 0.6) is 0 Å². The minimum Gasteiger partial charge on any atom is -0.322 e. The van der Waals surface area contributed by atoms with Crippen molar-refractivity contribution < 1.29 is 0 Å². The van der Waals surface area contributed by atoms with Gasteiger partial charge in [0.05, 0.1) is 18.2 Å². The maximum absolute atomic E-state index is 8.56. The van der Waals surface area contributed by atoms with Crippen molar-refractivity contribution in [1.82, 2.24) is 9.55 Å². The van der Waals surface area contributed by atoms with Crippen molar-refractivity contribution in [2.45, 2.75) is 46.1 Å². The summed E-state index contributed by atoms with van der Waals surface area (Å²) in [6.07, 6.45) is 3.88. The first-order valence-electron chi connectivity index (χ1n) is 5.29. The molecule has 0 aliphatic heterocycles. The summed E-state index contributed by atoms with van der Waals surface area (Å²) < 4.78 is 3.11. The summed E-state index contributed by atoms with van der Waals surface area (Å²) in [6.45, 7) is 4.88. The third kappa shape index (κ3) is 3.07. The molecule has 0 fully saturated rings. The predicted octanol–water partition coefficient (Wildman–Crippen LogP) is 3.21. The second kappa shape index (κ2) is 5.92. The van der Waals surface area contributed by atoms with E-state index in [2.05, 4.69) is 38.5 Å². The van der Waals surface area contributed by atoms with Crippen molar-refractivity contribution in [2.24, 2.45) is 0 Å². The minimum atomic E-state index is 0.531. The maximum atomic E-state index is 8.56. The molecule has 0 atom stereocenters. The molecular formula is C11H16BrN3. The SMILES string of the molecule is CCCCc1nc(C)n(CCC#N)c1Br. The van der Waals surface area contributed by atoms with Crippen molar-refractivity contribution in [3.05, 3.63) is 16.1 Å². The smallest absolute Gasteiger partial charge is 0.108 e. The van der Waals surface area contributed by atoms with Gasteiger partial charge in [0.15, 0.2) is 0 Å². The van der Waals surface area contributed by atoms with Gasteiger partial charge in [-0.05, 0) is 35.7 Å². The Morgan fingerprint density at radius 1 is 1.53 bits per heavy atom. The van der Waals surface area contributed by atoms with Gasteiger partial charge in [-0.3, -0.25) is 0 Å². The van der Waals surface area contributed by atoms with Gasteiger partial charge in [-0.15, -0.1) is 0 Å². The Balaban J connectivity index is 2.79. The molecule has 0 aliphatic carbocycles. The van der Waals surface area contributed by atoms with Crippen LogP contribution >= 0.6 is 15.9 Å². The molecule has 0 saturated carbocycles. The van der Waals surface area contributed by atoms with E-state index in [1.54, 1.807) is 0 Å². The molecule has 82 valence electrons. The molecule has 0 saturated heterocycles. The summed E-state index contributed by atoms with van der Waals surface area (Å²) in [6, 6.07) is 2.15. The van der Waals surface area contributed by atoms with Gasteiger partial charge in [0.1, 0.15) is 10.4 Å². The van der Waals surface area contributed by atoms with Gasteiger partial charge in [0, 0.05) is 6.54 Å².